The van der Waals surface area contributed by atoms with E-state index in [0.717, 1.165) is 26.2 Å². The highest BCUT2D eigenvalue weighted by Crippen LogP contribution is 2.39. The summed E-state index contributed by atoms with van der Waals surface area (Å²) in [6.07, 6.45) is 3.40. The third-order valence-electron chi connectivity index (χ3n) is 3.97. The molecule has 0 amide bonds. The van der Waals surface area contributed by atoms with Crippen LogP contribution in [0.15, 0.2) is 0 Å². The molecule has 0 N–H and O–H groups in total. The summed E-state index contributed by atoms with van der Waals surface area (Å²) in [5, 5.41) is 0. The Morgan fingerprint density at radius 1 is 0.850 bits per heavy atom. The molecule has 0 aromatic rings. The highest BCUT2D eigenvalue weighted by molar-refractivity contribution is 4.81. The van der Waals surface area contributed by atoms with Crippen molar-refractivity contribution in [3.63, 3.8) is 0 Å². The Morgan fingerprint density at radius 3 is 1.70 bits per heavy atom. The van der Waals surface area contributed by atoms with E-state index in [4.69, 9.17) is 9.47 Å². The van der Waals surface area contributed by atoms with Gasteiger partial charge in [-0.05, 0) is 13.3 Å². The zero-order chi connectivity index (χ0) is 15.6. The summed E-state index contributed by atoms with van der Waals surface area (Å²) < 4.78 is 48.8. The van der Waals surface area contributed by atoms with Crippen LogP contribution < -0.4 is 0 Å². The van der Waals surface area contributed by atoms with E-state index in [9.17, 15) is 13.2 Å². The third-order valence-corrected chi connectivity index (χ3v) is 3.97. The predicted molar refractivity (Wildman–Crippen MR) is 74.6 cm³/mol. The number of ether oxygens (including phenoxy) is 2. The number of methoxy groups -OCH3 is 2. The van der Waals surface area contributed by atoms with Gasteiger partial charge in [0, 0.05) is 20.6 Å². The van der Waals surface area contributed by atoms with Gasteiger partial charge in [0.15, 0.2) is 5.79 Å². The Bertz CT molecular complexity index is 238. The minimum atomic E-state index is -4.31. The van der Waals surface area contributed by atoms with Gasteiger partial charge in [0.1, 0.15) is 5.92 Å². The van der Waals surface area contributed by atoms with E-state index in [-0.39, 0.29) is 6.42 Å². The average molecular weight is 298 g/mol. The first-order valence-corrected chi connectivity index (χ1v) is 7.51. The smallest absolute Gasteiger partial charge is 0.353 e. The largest absolute Gasteiger partial charge is 0.396 e. The minimum Gasteiger partial charge on any atom is -0.353 e. The lowest BCUT2D eigenvalue weighted by Gasteiger charge is -2.37. The van der Waals surface area contributed by atoms with Crippen molar-refractivity contribution < 1.29 is 22.6 Å². The van der Waals surface area contributed by atoms with E-state index < -0.39 is 17.9 Å². The van der Waals surface area contributed by atoms with Gasteiger partial charge in [-0.2, -0.15) is 13.2 Å². The number of halogens is 3. The molecule has 0 saturated heterocycles. The zero-order valence-corrected chi connectivity index (χ0v) is 13.2. The lowest BCUT2D eigenvalue weighted by atomic mass is 9.93. The quantitative estimate of drug-likeness (QED) is 0.380. The van der Waals surface area contributed by atoms with Crippen molar-refractivity contribution in [1.82, 2.24) is 0 Å². The molecular weight excluding hydrogens is 269 g/mol. The SMILES string of the molecule is CCCCCCCCCC(OC)(OC)C(C)C(F)(F)F. The fourth-order valence-electron chi connectivity index (χ4n) is 2.44. The fraction of sp³-hybridized carbons (Fsp3) is 1.00. The number of hydrogen-bond donors (Lipinski definition) is 0. The van der Waals surface area contributed by atoms with Crippen LogP contribution in [0.4, 0.5) is 13.2 Å². The summed E-state index contributed by atoms with van der Waals surface area (Å²) in [7, 11) is 2.57. The molecule has 0 aliphatic rings. The maximum Gasteiger partial charge on any atom is 0.396 e. The van der Waals surface area contributed by atoms with E-state index in [1.54, 1.807) is 0 Å². The monoisotopic (exact) mass is 298 g/mol. The van der Waals surface area contributed by atoms with Crippen LogP contribution in [0.3, 0.4) is 0 Å². The molecule has 0 bridgehead atoms. The second kappa shape index (κ2) is 9.61. The van der Waals surface area contributed by atoms with E-state index in [1.807, 2.05) is 0 Å². The fourth-order valence-corrected chi connectivity index (χ4v) is 2.44. The molecule has 2 nitrogen and oxygen atoms in total. The summed E-state index contributed by atoms with van der Waals surface area (Å²) in [6, 6.07) is 0. The van der Waals surface area contributed by atoms with Gasteiger partial charge in [0.2, 0.25) is 0 Å². The molecule has 0 spiro atoms. The highest BCUT2D eigenvalue weighted by Gasteiger charge is 2.51. The van der Waals surface area contributed by atoms with Crippen molar-refractivity contribution >= 4 is 0 Å². The van der Waals surface area contributed by atoms with Gasteiger partial charge in [-0.25, -0.2) is 0 Å². The molecule has 0 rings (SSSR count). The molecule has 1 unspecified atom stereocenters. The highest BCUT2D eigenvalue weighted by atomic mass is 19.4. The first-order valence-electron chi connectivity index (χ1n) is 7.51. The molecule has 5 heteroatoms. The average Bonchev–Trinajstić information content (AvgIpc) is 2.41. The van der Waals surface area contributed by atoms with Gasteiger partial charge >= 0.3 is 6.18 Å². The molecule has 0 saturated carbocycles. The summed E-state index contributed by atoms with van der Waals surface area (Å²) in [6.45, 7) is 3.28. The second-order valence-electron chi connectivity index (χ2n) is 5.35. The Kier molecular flexibility index (Phi) is 9.47. The van der Waals surface area contributed by atoms with Crippen LogP contribution in [0.2, 0.25) is 0 Å². The van der Waals surface area contributed by atoms with Gasteiger partial charge in [-0.15, -0.1) is 0 Å². The molecule has 0 aromatic carbocycles. The lowest BCUT2D eigenvalue weighted by Crippen LogP contribution is -2.47. The normalized spacial score (nSPS) is 14.6. The number of unbranched alkanes of at least 4 members (excludes halogenated alkanes) is 6. The van der Waals surface area contributed by atoms with Gasteiger partial charge < -0.3 is 9.47 Å². The van der Waals surface area contributed by atoms with Crippen molar-refractivity contribution in [2.45, 2.75) is 77.2 Å². The van der Waals surface area contributed by atoms with Gasteiger partial charge in [-0.1, -0.05) is 45.4 Å². The standard InChI is InChI=1S/C15H29F3O2/c1-5-6-7-8-9-10-11-12-14(19-3,20-4)13(2)15(16,17)18/h13H,5-12H2,1-4H3. The summed E-state index contributed by atoms with van der Waals surface area (Å²) in [4.78, 5) is 0. The van der Waals surface area contributed by atoms with Crippen molar-refractivity contribution in [1.29, 1.82) is 0 Å². The Morgan fingerprint density at radius 2 is 1.30 bits per heavy atom. The number of alkyl halides is 3. The molecule has 0 heterocycles. The molecule has 0 aliphatic heterocycles. The van der Waals surface area contributed by atoms with Crippen LogP contribution in [-0.4, -0.2) is 26.2 Å². The number of rotatable bonds is 11. The van der Waals surface area contributed by atoms with Crippen LogP contribution in [-0.2, 0) is 9.47 Å². The molecule has 122 valence electrons. The van der Waals surface area contributed by atoms with Crippen molar-refractivity contribution in [3.05, 3.63) is 0 Å². The van der Waals surface area contributed by atoms with Crippen LogP contribution >= 0.6 is 0 Å². The first kappa shape index (κ1) is 19.7. The summed E-state index contributed by atoms with van der Waals surface area (Å²) in [5.74, 6) is -3.19. The predicted octanol–water partition coefficient (Wildman–Crippen LogP) is 5.31. The zero-order valence-electron chi connectivity index (χ0n) is 13.2. The Balaban J connectivity index is 4.21. The van der Waals surface area contributed by atoms with E-state index in [2.05, 4.69) is 6.92 Å². The van der Waals surface area contributed by atoms with Crippen LogP contribution in [0.1, 0.15) is 65.2 Å². The first-order chi connectivity index (χ1) is 9.34. The summed E-state index contributed by atoms with van der Waals surface area (Å²) in [5.41, 5.74) is 0. The van der Waals surface area contributed by atoms with E-state index in [1.165, 1.54) is 33.5 Å². The van der Waals surface area contributed by atoms with Crippen molar-refractivity contribution in [2.24, 2.45) is 5.92 Å². The molecule has 0 aliphatic carbocycles. The molecule has 1 atom stereocenters. The second-order valence-corrected chi connectivity index (χ2v) is 5.35. The van der Waals surface area contributed by atoms with Gasteiger partial charge in [0.05, 0.1) is 0 Å². The maximum atomic E-state index is 12.9. The topological polar surface area (TPSA) is 18.5 Å². The van der Waals surface area contributed by atoms with E-state index in [0.29, 0.717) is 6.42 Å². The number of hydrogen-bond acceptors (Lipinski definition) is 2. The van der Waals surface area contributed by atoms with E-state index >= 15 is 0 Å². The van der Waals surface area contributed by atoms with Gasteiger partial charge in [-0.3, -0.25) is 0 Å². The molecule has 0 aromatic heterocycles. The maximum absolute atomic E-state index is 12.9. The lowest BCUT2D eigenvalue weighted by molar-refractivity contribution is -0.311. The molecular formula is C15H29F3O2. The van der Waals surface area contributed by atoms with Gasteiger partial charge in [0.25, 0.3) is 0 Å². The van der Waals surface area contributed by atoms with Crippen molar-refractivity contribution in [2.75, 3.05) is 14.2 Å². The minimum absolute atomic E-state index is 0.272. The third kappa shape index (κ3) is 6.44. The van der Waals surface area contributed by atoms with Crippen LogP contribution in [0.25, 0.3) is 0 Å². The Hall–Kier alpha value is -0.290. The Labute approximate surface area is 121 Å². The van der Waals surface area contributed by atoms with Crippen LogP contribution in [0, 0.1) is 5.92 Å². The van der Waals surface area contributed by atoms with Crippen molar-refractivity contribution in [3.8, 4) is 0 Å². The molecule has 0 radical (unpaired) electrons. The van der Waals surface area contributed by atoms with Crippen LogP contribution in [0.5, 0.6) is 0 Å². The molecule has 0 fully saturated rings. The molecule has 20 heavy (non-hydrogen) atoms. The summed E-state index contributed by atoms with van der Waals surface area (Å²) >= 11 is 0.